The zero-order valence-corrected chi connectivity index (χ0v) is 19.6. The molecule has 0 saturated carbocycles. The largest absolute Gasteiger partial charge is 0.388 e. The standard InChI is InChI=1S/C23H35N3O5S/c1-13(2)17(21-19(28)18(27)20(29)23(31-21)32-3)26-22(30)16-11-15(12-25-16)6-4-5-14-7-9-24-10-8-14/h4-5,7-10,13,15-21,23,25,27-29H,6,11-12H2,1-3H3,(H,26,30)/b5-4+. The summed E-state index contributed by atoms with van der Waals surface area (Å²) in [4.78, 5) is 17.0. The second-order valence-corrected chi connectivity index (χ2v) is 9.87. The molecular formula is C23H35N3O5S. The molecule has 2 saturated heterocycles. The molecule has 0 bridgehead atoms. The molecule has 0 radical (unpaired) electrons. The average molecular weight is 466 g/mol. The fourth-order valence-electron chi connectivity index (χ4n) is 4.32. The van der Waals surface area contributed by atoms with Crippen molar-refractivity contribution in [2.75, 3.05) is 12.8 Å². The van der Waals surface area contributed by atoms with Crippen molar-refractivity contribution in [2.24, 2.45) is 11.8 Å². The fraction of sp³-hybridized carbons (Fsp3) is 0.652. The Labute approximate surface area is 193 Å². The van der Waals surface area contributed by atoms with Crippen LogP contribution in [0.5, 0.6) is 0 Å². The van der Waals surface area contributed by atoms with E-state index in [1.807, 2.05) is 26.0 Å². The number of nitrogens with zero attached hydrogens (tertiary/aromatic N) is 1. The molecule has 8 nitrogen and oxygen atoms in total. The maximum atomic E-state index is 13.0. The molecule has 2 fully saturated rings. The first kappa shape index (κ1) is 25.1. The van der Waals surface area contributed by atoms with Gasteiger partial charge in [0.1, 0.15) is 29.9 Å². The van der Waals surface area contributed by atoms with Crippen molar-refractivity contribution in [2.45, 2.75) is 68.6 Å². The number of aliphatic hydroxyl groups is 3. The van der Waals surface area contributed by atoms with Gasteiger partial charge in [0.05, 0.1) is 12.1 Å². The van der Waals surface area contributed by atoms with Crippen LogP contribution in [0.4, 0.5) is 0 Å². The lowest BCUT2D eigenvalue weighted by Gasteiger charge is -2.44. The van der Waals surface area contributed by atoms with Crippen LogP contribution in [-0.2, 0) is 9.53 Å². The summed E-state index contributed by atoms with van der Waals surface area (Å²) < 4.78 is 5.89. The summed E-state index contributed by atoms with van der Waals surface area (Å²) in [5.74, 6) is 0.182. The number of carbonyl (C=O) groups is 1. The average Bonchev–Trinajstić information content (AvgIpc) is 3.26. The predicted molar refractivity (Wildman–Crippen MR) is 125 cm³/mol. The van der Waals surface area contributed by atoms with Gasteiger partial charge in [0.15, 0.2) is 0 Å². The van der Waals surface area contributed by atoms with Crippen LogP contribution < -0.4 is 10.6 Å². The fourth-order valence-corrected chi connectivity index (χ4v) is 5.00. The van der Waals surface area contributed by atoms with Gasteiger partial charge in [-0.05, 0) is 55.2 Å². The summed E-state index contributed by atoms with van der Waals surface area (Å²) in [6, 6.07) is 3.08. The minimum atomic E-state index is -1.33. The number of ether oxygens (including phenoxy) is 1. The Morgan fingerprint density at radius 1 is 1.28 bits per heavy atom. The number of aliphatic hydroxyl groups excluding tert-OH is 3. The molecule has 0 spiro atoms. The highest BCUT2D eigenvalue weighted by molar-refractivity contribution is 7.99. The van der Waals surface area contributed by atoms with Crippen LogP contribution in [0.15, 0.2) is 30.6 Å². The minimum Gasteiger partial charge on any atom is -0.388 e. The van der Waals surface area contributed by atoms with E-state index in [0.29, 0.717) is 5.92 Å². The molecule has 1 amide bonds. The molecule has 5 N–H and O–H groups in total. The molecule has 0 aromatic carbocycles. The van der Waals surface area contributed by atoms with E-state index in [0.717, 1.165) is 24.9 Å². The van der Waals surface area contributed by atoms with E-state index < -0.39 is 35.9 Å². The zero-order chi connectivity index (χ0) is 23.3. The van der Waals surface area contributed by atoms with Crippen LogP contribution in [0.2, 0.25) is 0 Å². The van der Waals surface area contributed by atoms with Crippen molar-refractivity contribution in [3.63, 3.8) is 0 Å². The Morgan fingerprint density at radius 3 is 2.66 bits per heavy atom. The summed E-state index contributed by atoms with van der Waals surface area (Å²) >= 11 is 1.26. The number of rotatable bonds is 8. The maximum absolute atomic E-state index is 13.0. The van der Waals surface area contributed by atoms with Crippen LogP contribution in [0.3, 0.4) is 0 Å². The van der Waals surface area contributed by atoms with Crippen LogP contribution in [-0.4, -0.2) is 80.9 Å². The Kier molecular flexibility index (Phi) is 9.10. The minimum absolute atomic E-state index is 0.0379. The number of aromatic nitrogens is 1. The van der Waals surface area contributed by atoms with Crippen LogP contribution in [0.25, 0.3) is 6.08 Å². The first-order valence-electron chi connectivity index (χ1n) is 11.1. The van der Waals surface area contributed by atoms with E-state index in [1.54, 1.807) is 18.6 Å². The van der Waals surface area contributed by atoms with Gasteiger partial charge in [0, 0.05) is 12.4 Å². The summed E-state index contributed by atoms with van der Waals surface area (Å²) in [5, 5.41) is 37.2. The van der Waals surface area contributed by atoms with Crippen LogP contribution >= 0.6 is 11.8 Å². The molecule has 32 heavy (non-hydrogen) atoms. The molecule has 2 aliphatic rings. The van der Waals surface area contributed by atoms with Gasteiger partial charge in [-0.3, -0.25) is 9.78 Å². The number of hydrogen-bond acceptors (Lipinski definition) is 8. The van der Waals surface area contributed by atoms with E-state index >= 15 is 0 Å². The lowest BCUT2D eigenvalue weighted by atomic mass is 9.88. The third-order valence-corrected chi connectivity index (χ3v) is 7.10. The lowest BCUT2D eigenvalue weighted by Crippen LogP contribution is -2.64. The monoisotopic (exact) mass is 465 g/mol. The predicted octanol–water partition coefficient (Wildman–Crippen LogP) is 0.774. The smallest absolute Gasteiger partial charge is 0.237 e. The van der Waals surface area contributed by atoms with Crippen molar-refractivity contribution in [3.8, 4) is 0 Å². The van der Waals surface area contributed by atoms with Gasteiger partial charge in [0.2, 0.25) is 5.91 Å². The van der Waals surface area contributed by atoms with Crippen molar-refractivity contribution < 1.29 is 24.9 Å². The van der Waals surface area contributed by atoms with E-state index in [9.17, 15) is 20.1 Å². The number of amides is 1. The van der Waals surface area contributed by atoms with E-state index in [4.69, 9.17) is 4.74 Å². The SMILES string of the molecule is CSC1OC(C(NC(=O)C2CC(C/C=C/c3ccncc3)CN2)C(C)C)C(O)C(O)C1O. The van der Waals surface area contributed by atoms with Crippen molar-refractivity contribution in [1.82, 2.24) is 15.6 Å². The van der Waals surface area contributed by atoms with Gasteiger partial charge in [0.25, 0.3) is 0 Å². The molecule has 3 rings (SSSR count). The molecular weight excluding hydrogens is 430 g/mol. The lowest BCUT2D eigenvalue weighted by molar-refractivity contribution is -0.208. The molecule has 1 aromatic rings. The zero-order valence-electron chi connectivity index (χ0n) is 18.8. The normalized spacial score (nSPS) is 34.2. The topological polar surface area (TPSA) is 124 Å². The molecule has 178 valence electrons. The Balaban J connectivity index is 1.56. The summed E-state index contributed by atoms with van der Waals surface area (Å²) in [5.41, 5.74) is 0.430. The third-order valence-electron chi connectivity index (χ3n) is 6.24. The molecule has 9 heteroatoms. The van der Waals surface area contributed by atoms with Gasteiger partial charge < -0.3 is 30.7 Å². The number of hydrogen-bond donors (Lipinski definition) is 5. The highest BCUT2D eigenvalue weighted by atomic mass is 32.2. The first-order valence-corrected chi connectivity index (χ1v) is 12.4. The first-order chi connectivity index (χ1) is 15.3. The Hall–Kier alpha value is -1.49. The van der Waals surface area contributed by atoms with Gasteiger partial charge in [-0.1, -0.05) is 26.0 Å². The van der Waals surface area contributed by atoms with Crippen molar-refractivity contribution >= 4 is 23.7 Å². The number of allylic oxidation sites excluding steroid dienone is 1. The highest BCUT2D eigenvalue weighted by Gasteiger charge is 2.47. The number of nitrogens with one attached hydrogen (secondary N) is 2. The maximum Gasteiger partial charge on any atom is 0.237 e. The molecule has 1 aromatic heterocycles. The van der Waals surface area contributed by atoms with Crippen molar-refractivity contribution in [1.29, 1.82) is 0 Å². The summed E-state index contributed by atoms with van der Waals surface area (Å²) in [6.07, 6.45) is 6.46. The summed E-state index contributed by atoms with van der Waals surface area (Å²) in [7, 11) is 0. The van der Waals surface area contributed by atoms with Crippen molar-refractivity contribution in [3.05, 3.63) is 36.2 Å². The Bertz CT molecular complexity index is 763. The van der Waals surface area contributed by atoms with Gasteiger partial charge in [-0.2, -0.15) is 0 Å². The number of thioether (sulfide) groups is 1. The molecule has 0 aliphatic carbocycles. The second kappa shape index (κ2) is 11.6. The molecule has 2 aliphatic heterocycles. The number of pyridine rings is 1. The molecule has 8 unspecified atom stereocenters. The van der Waals surface area contributed by atoms with Gasteiger partial charge >= 0.3 is 0 Å². The third kappa shape index (κ3) is 6.09. The second-order valence-electron chi connectivity index (χ2n) is 8.94. The molecule has 3 heterocycles. The Morgan fingerprint density at radius 2 is 2.00 bits per heavy atom. The van der Waals surface area contributed by atoms with Crippen LogP contribution in [0, 0.1) is 11.8 Å². The summed E-state index contributed by atoms with van der Waals surface area (Å²) in [6.45, 7) is 4.62. The van der Waals surface area contributed by atoms with E-state index in [2.05, 4.69) is 27.8 Å². The van der Waals surface area contributed by atoms with E-state index in [-0.39, 0.29) is 17.9 Å². The van der Waals surface area contributed by atoms with Crippen LogP contribution in [0.1, 0.15) is 32.3 Å². The van der Waals surface area contributed by atoms with Gasteiger partial charge in [-0.25, -0.2) is 0 Å². The highest BCUT2D eigenvalue weighted by Crippen LogP contribution is 2.30. The molecule has 8 atom stereocenters. The number of carbonyl (C=O) groups excluding carboxylic acids is 1. The quantitative estimate of drug-likeness (QED) is 0.382. The van der Waals surface area contributed by atoms with Gasteiger partial charge in [-0.15, -0.1) is 11.8 Å². The van der Waals surface area contributed by atoms with E-state index in [1.165, 1.54) is 11.8 Å².